The minimum absolute atomic E-state index is 0.0245. The fourth-order valence-corrected chi connectivity index (χ4v) is 6.64. The lowest BCUT2D eigenvalue weighted by molar-refractivity contribution is -0.148. The van der Waals surface area contributed by atoms with Crippen LogP contribution in [0.1, 0.15) is 46.6 Å². The van der Waals surface area contributed by atoms with Crippen molar-refractivity contribution in [2.24, 2.45) is 5.73 Å². The summed E-state index contributed by atoms with van der Waals surface area (Å²) in [4.78, 5) is 71.4. The largest absolute Gasteiger partial charge is 0.468 e. The van der Waals surface area contributed by atoms with Crippen LogP contribution in [-0.4, -0.2) is 91.5 Å². The molecule has 2 aromatic carbocycles. The van der Waals surface area contributed by atoms with Crippen LogP contribution in [0.15, 0.2) is 66.7 Å². The third-order valence-electron chi connectivity index (χ3n) is 7.82. The summed E-state index contributed by atoms with van der Waals surface area (Å²) >= 11 is 1.40. The van der Waals surface area contributed by atoms with E-state index in [9.17, 15) is 29.1 Å². The second kappa shape index (κ2) is 15.7. The highest BCUT2D eigenvalue weighted by atomic mass is 32.2. The first-order valence-electron chi connectivity index (χ1n) is 15.9. The molecule has 4 rings (SSSR count). The van der Waals surface area contributed by atoms with Crippen LogP contribution >= 0.6 is 11.8 Å². The molecular weight excluding hydrogens is 648 g/mol. The maximum absolute atomic E-state index is 13.9. The minimum Gasteiger partial charge on any atom is -0.468 e. The Morgan fingerprint density at radius 3 is 2.37 bits per heavy atom. The molecule has 2 heterocycles. The lowest BCUT2D eigenvalue weighted by atomic mass is 9.96. The molecule has 0 bridgehead atoms. The second-order valence-corrected chi connectivity index (χ2v) is 15.1. The molecule has 14 heteroatoms. The van der Waals surface area contributed by atoms with Crippen molar-refractivity contribution >= 4 is 52.2 Å². The Labute approximate surface area is 289 Å². The second-order valence-electron chi connectivity index (χ2n) is 13.5. The summed E-state index contributed by atoms with van der Waals surface area (Å²) in [5.41, 5.74) is 6.23. The number of aliphatic hydroxyl groups is 1. The first-order valence-corrected chi connectivity index (χ1v) is 16.9. The maximum atomic E-state index is 13.9. The summed E-state index contributed by atoms with van der Waals surface area (Å²) in [7, 11) is 0. The van der Waals surface area contributed by atoms with Crippen LogP contribution in [0.2, 0.25) is 0 Å². The van der Waals surface area contributed by atoms with E-state index in [1.807, 2.05) is 52.8 Å². The van der Waals surface area contributed by atoms with Crippen LogP contribution in [-0.2, 0) is 30.4 Å². The molecule has 13 nitrogen and oxygen atoms in total. The molecule has 1 saturated heterocycles. The fourth-order valence-electron chi connectivity index (χ4n) is 5.50. The molecule has 1 fully saturated rings. The van der Waals surface area contributed by atoms with Gasteiger partial charge >= 0.3 is 0 Å². The van der Waals surface area contributed by atoms with Crippen LogP contribution in [0.25, 0.3) is 10.9 Å². The molecule has 262 valence electrons. The number of nitrogens with zero attached hydrogens (tertiary/aromatic N) is 2. The Bertz CT molecular complexity index is 1680. The van der Waals surface area contributed by atoms with E-state index in [2.05, 4.69) is 20.9 Å². The highest BCUT2D eigenvalue weighted by Gasteiger charge is 2.50. The van der Waals surface area contributed by atoms with Crippen molar-refractivity contribution in [3.63, 3.8) is 0 Å². The number of benzene rings is 2. The monoisotopic (exact) mass is 692 g/mol. The van der Waals surface area contributed by atoms with E-state index in [4.69, 9.17) is 10.5 Å². The van der Waals surface area contributed by atoms with Crippen molar-refractivity contribution in [2.75, 3.05) is 12.5 Å². The Kier molecular flexibility index (Phi) is 11.9. The molecular formula is C35H44N6O7S. The smallest absolute Gasteiger partial charge is 0.258 e. The van der Waals surface area contributed by atoms with Crippen molar-refractivity contribution in [1.82, 2.24) is 25.8 Å². The van der Waals surface area contributed by atoms with Gasteiger partial charge in [0.1, 0.15) is 12.1 Å². The summed E-state index contributed by atoms with van der Waals surface area (Å²) in [6, 6.07) is 16.1. The molecule has 4 atom stereocenters. The number of amides is 5. The van der Waals surface area contributed by atoms with Crippen LogP contribution in [0.5, 0.6) is 5.88 Å². The molecule has 49 heavy (non-hydrogen) atoms. The molecule has 1 unspecified atom stereocenters. The third kappa shape index (κ3) is 10.2. The Morgan fingerprint density at radius 2 is 1.69 bits per heavy atom. The summed E-state index contributed by atoms with van der Waals surface area (Å²) < 4.78 is 4.87. The van der Waals surface area contributed by atoms with E-state index in [0.717, 1.165) is 5.39 Å². The van der Waals surface area contributed by atoms with E-state index in [-0.39, 0.29) is 24.1 Å². The van der Waals surface area contributed by atoms with Gasteiger partial charge in [0.25, 0.3) is 11.8 Å². The van der Waals surface area contributed by atoms with Gasteiger partial charge in [0.15, 0.2) is 12.7 Å². The number of nitrogens with two attached hydrogens (primary N) is 1. The number of ether oxygens (including phenoxy) is 1. The zero-order valence-corrected chi connectivity index (χ0v) is 29.1. The van der Waals surface area contributed by atoms with E-state index >= 15 is 0 Å². The highest BCUT2D eigenvalue weighted by molar-refractivity contribution is 8.00. The van der Waals surface area contributed by atoms with Gasteiger partial charge in [-0.25, -0.2) is 4.98 Å². The van der Waals surface area contributed by atoms with E-state index in [1.54, 1.807) is 48.5 Å². The number of carbonyl (C=O) groups excluding carboxylic acids is 5. The first kappa shape index (κ1) is 37.1. The average Bonchev–Trinajstić information content (AvgIpc) is 3.36. The Hall–Kier alpha value is -4.69. The molecule has 1 aromatic heterocycles. The van der Waals surface area contributed by atoms with Crippen LogP contribution in [0.4, 0.5) is 0 Å². The number of pyridine rings is 1. The van der Waals surface area contributed by atoms with Gasteiger partial charge in [-0.2, -0.15) is 0 Å². The number of primary amides is 1. The lowest BCUT2D eigenvalue weighted by Crippen LogP contribution is -2.61. The van der Waals surface area contributed by atoms with Gasteiger partial charge < -0.3 is 36.4 Å². The molecule has 0 radical (unpaired) electrons. The predicted molar refractivity (Wildman–Crippen MR) is 186 cm³/mol. The topological polar surface area (TPSA) is 193 Å². The van der Waals surface area contributed by atoms with Gasteiger partial charge in [-0.3, -0.25) is 24.0 Å². The van der Waals surface area contributed by atoms with Crippen LogP contribution < -0.4 is 26.4 Å². The summed E-state index contributed by atoms with van der Waals surface area (Å²) in [5, 5.41) is 20.5. The van der Waals surface area contributed by atoms with Crippen LogP contribution in [0.3, 0.4) is 0 Å². The van der Waals surface area contributed by atoms with Crippen LogP contribution in [0, 0.1) is 0 Å². The lowest BCUT2D eigenvalue weighted by Gasteiger charge is -2.35. The maximum Gasteiger partial charge on any atom is 0.258 e. The Morgan fingerprint density at radius 1 is 1.02 bits per heavy atom. The molecule has 1 aliphatic heterocycles. The number of rotatable bonds is 13. The molecule has 0 aliphatic carbocycles. The van der Waals surface area contributed by atoms with Gasteiger partial charge in [-0.15, -0.1) is 11.8 Å². The minimum atomic E-state index is -1.78. The van der Waals surface area contributed by atoms with E-state index < -0.39 is 71.2 Å². The zero-order chi connectivity index (χ0) is 35.9. The SMILES string of the molecule is CC(C)(C)NC(=O)C1N(C(=O)[C@@H](O)[C@H](Cc2ccccc2)NC(=O)[C@H](CC(N)=O)NC(=O)COc2ccc3ccccc3n2)CSC1(C)C. The third-order valence-corrected chi connectivity index (χ3v) is 9.19. The van der Waals surface area contributed by atoms with Gasteiger partial charge in [0.2, 0.25) is 23.6 Å². The summed E-state index contributed by atoms with van der Waals surface area (Å²) in [6.07, 6.45) is -2.31. The number of aliphatic hydroxyl groups excluding tert-OH is 1. The number of thioether (sulfide) groups is 1. The first-order chi connectivity index (χ1) is 23.0. The fraction of sp³-hybridized carbons (Fsp3) is 0.429. The number of carbonyl (C=O) groups is 5. The molecule has 5 amide bonds. The number of fused-ring (bicyclic) bond motifs is 1. The van der Waals surface area contributed by atoms with Crippen molar-refractivity contribution in [1.29, 1.82) is 0 Å². The molecule has 0 spiro atoms. The quantitative estimate of drug-likeness (QED) is 0.177. The van der Waals surface area contributed by atoms with E-state index in [1.165, 1.54) is 16.7 Å². The molecule has 3 aromatic rings. The molecule has 0 saturated carbocycles. The standard InChI is InChI=1S/C35H44N6O7S/c1-34(2,3)40-32(46)30-35(4,5)49-20-41(30)33(47)29(44)24(17-21-11-7-6-8-12-21)39-31(45)25(18-26(36)42)37-27(43)19-48-28-16-15-22-13-9-10-14-23(22)38-28/h6-16,24-25,29-30,44H,17-20H2,1-5H3,(H2,36,42)(H,37,43)(H,39,45)(H,40,46)/t24-,25-,29-,30?/m0/s1. The van der Waals surface area contributed by atoms with E-state index in [0.29, 0.717) is 11.1 Å². The van der Waals surface area contributed by atoms with Crippen molar-refractivity contribution in [3.8, 4) is 5.88 Å². The highest BCUT2D eigenvalue weighted by Crippen LogP contribution is 2.40. The zero-order valence-electron chi connectivity index (χ0n) is 28.3. The number of para-hydroxylation sites is 1. The summed E-state index contributed by atoms with van der Waals surface area (Å²) in [5.74, 6) is -3.22. The number of hydrogen-bond donors (Lipinski definition) is 5. The average molecular weight is 693 g/mol. The van der Waals surface area contributed by atoms with Gasteiger partial charge in [0.05, 0.1) is 23.9 Å². The Balaban J connectivity index is 1.51. The van der Waals surface area contributed by atoms with Gasteiger partial charge in [-0.1, -0.05) is 48.5 Å². The van der Waals surface area contributed by atoms with Gasteiger partial charge in [0, 0.05) is 21.7 Å². The molecule has 1 aliphatic rings. The predicted octanol–water partition coefficient (Wildman–Crippen LogP) is 1.66. The van der Waals surface area contributed by atoms with Gasteiger partial charge in [-0.05, 0) is 58.7 Å². The number of hydrogen-bond acceptors (Lipinski definition) is 9. The summed E-state index contributed by atoms with van der Waals surface area (Å²) in [6.45, 7) is 8.69. The number of aromatic nitrogens is 1. The van der Waals surface area contributed by atoms with Crippen molar-refractivity contribution in [3.05, 3.63) is 72.3 Å². The number of nitrogens with one attached hydrogen (secondary N) is 3. The molecule has 6 N–H and O–H groups in total. The van der Waals surface area contributed by atoms with Crippen molar-refractivity contribution in [2.45, 2.75) is 82.0 Å². The van der Waals surface area contributed by atoms with Crippen molar-refractivity contribution < 1.29 is 33.8 Å². The normalized spacial score (nSPS) is 17.4.